The molecule has 0 fully saturated rings. The Hall–Kier alpha value is -1.82. The fourth-order valence-corrected chi connectivity index (χ4v) is 3.58. The molecule has 1 aliphatic heterocycles. The fourth-order valence-electron chi connectivity index (χ4n) is 2.69. The molecule has 0 saturated carbocycles. The van der Waals surface area contributed by atoms with Gasteiger partial charge in [0.2, 0.25) is 0 Å². The molecule has 0 amide bonds. The van der Waals surface area contributed by atoms with Gasteiger partial charge < -0.3 is 10.0 Å². The first-order chi connectivity index (χ1) is 9.08. The van der Waals surface area contributed by atoms with Crippen molar-refractivity contribution in [1.29, 1.82) is 0 Å². The standard InChI is InChI=1S/C13H15N3O2S/c1-8-11(13(17)18)12(15(2)14-8)16-5-3-10-9(7-16)4-6-19-10/h4,6H,3,5,7H2,1-2H3,(H,17,18). The molecule has 0 saturated heterocycles. The van der Waals surface area contributed by atoms with Gasteiger partial charge >= 0.3 is 5.97 Å². The molecule has 0 radical (unpaired) electrons. The Kier molecular flexibility index (Phi) is 2.82. The van der Waals surface area contributed by atoms with Crippen molar-refractivity contribution in [1.82, 2.24) is 9.78 Å². The van der Waals surface area contributed by atoms with Crippen molar-refractivity contribution in [2.24, 2.45) is 7.05 Å². The summed E-state index contributed by atoms with van der Waals surface area (Å²) in [6.07, 6.45) is 0.969. The van der Waals surface area contributed by atoms with Gasteiger partial charge in [0.15, 0.2) is 0 Å². The minimum Gasteiger partial charge on any atom is -0.477 e. The number of anilines is 1. The summed E-state index contributed by atoms with van der Waals surface area (Å²) in [5, 5.41) is 15.7. The van der Waals surface area contributed by atoms with E-state index in [1.165, 1.54) is 10.4 Å². The average Bonchev–Trinajstić information content (AvgIpc) is 2.91. The van der Waals surface area contributed by atoms with E-state index < -0.39 is 5.97 Å². The van der Waals surface area contributed by atoms with Crippen LogP contribution in [0.3, 0.4) is 0 Å². The highest BCUT2D eigenvalue weighted by atomic mass is 32.1. The molecule has 100 valence electrons. The second-order valence-electron chi connectivity index (χ2n) is 4.75. The number of thiophene rings is 1. The first-order valence-corrected chi connectivity index (χ1v) is 7.03. The zero-order valence-corrected chi connectivity index (χ0v) is 11.7. The highest BCUT2D eigenvalue weighted by molar-refractivity contribution is 7.10. The molecule has 0 atom stereocenters. The van der Waals surface area contributed by atoms with Gasteiger partial charge in [-0.15, -0.1) is 11.3 Å². The number of aromatic nitrogens is 2. The summed E-state index contributed by atoms with van der Waals surface area (Å²) >= 11 is 1.78. The SMILES string of the molecule is Cc1nn(C)c(N2CCc3sccc3C2)c1C(=O)O. The molecule has 3 heterocycles. The van der Waals surface area contributed by atoms with E-state index in [9.17, 15) is 9.90 Å². The van der Waals surface area contributed by atoms with Crippen LogP contribution in [-0.2, 0) is 20.0 Å². The van der Waals surface area contributed by atoms with Gasteiger partial charge in [0.05, 0.1) is 5.69 Å². The number of hydrogen-bond acceptors (Lipinski definition) is 4. The number of carbonyl (C=O) groups is 1. The van der Waals surface area contributed by atoms with E-state index in [4.69, 9.17) is 0 Å². The molecule has 2 aromatic rings. The third-order valence-corrected chi connectivity index (χ3v) is 4.54. The monoisotopic (exact) mass is 277 g/mol. The first kappa shape index (κ1) is 12.2. The van der Waals surface area contributed by atoms with Crippen LogP contribution in [0.15, 0.2) is 11.4 Å². The Morgan fingerprint density at radius 1 is 1.53 bits per heavy atom. The van der Waals surface area contributed by atoms with E-state index >= 15 is 0 Å². The molecule has 5 nitrogen and oxygen atoms in total. The number of aryl methyl sites for hydroxylation is 2. The number of rotatable bonds is 2. The zero-order chi connectivity index (χ0) is 13.6. The van der Waals surface area contributed by atoms with Gasteiger partial charge in [0.25, 0.3) is 0 Å². The van der Waals surface area contributed by atoms with Crippen LogP contribution in [0.4, 0.5) is 5.82 Å². The van der Waals surface area contributed by atoms with Crippen LogP contribution in [0.2, 0.25) is 0 Å². The summed E-state index contributed by atoms with van der Waals surface area (Å²) in [5.41, 5.74) is 2.19. The smallest absolute Gasteiger partial charge is 0.341 e. The third kappa shape index (κ3) is 1.92. The van der Waals surface area contributed by atoms with Gasteiger partial charge in [-0.05, 0) is 30.4 Å². The van der Waals surface area contributed by atoms with Gasteiger partial charge in [-0.1, -0.05) is 0 Å². The summed E-state index contributed by atoms with van der Waals surface area (Å²) in [6, 6.07) is 2.12. The number of carboxylic acid groups (broad SMARTS) is 1. The van der Waals surface area contributed by atoms with Crippen LogP contribution in [-0.4, -0.2) is 27.4 Å². The van der Waals surface area contributed by atoms with Crippen molar-refractivity contribution in [2.45, 2.75) is 19.9 Å². The second kappa shape index (κ2) is 4.38. The van der Waals surface area contributed by atoms with Crippen LogP contribution < -0.4 is 4.90 Å². The molecule has 0 spiro atoms. The second-order valence-corrected chi connectivity index (χ2v) is 5.75. The number of fused-ring (bicyclic) bond motifs is 1. The molecule has 0 unspecified atom stereocenters. The molecule has 0 aliphatic carbocycles. The molecule has 19 heavy (non-hydrogen) atoms. The minimum absolute atomic E-state index is 0.321. The van der Waals surface area contributed by atoms with Crippen LogP contribution in [0, 0.1) is 6.92 Å². The van der Waals surface area contributed by atoms with E-state index in [2.05, 4.69) is 21.4 Å². The summed E-state index contributed by atoms with van der Waals surface area (Å²) in [6.45, 7) is 3.35. The highest BCUT2D eigenvalue weighted by Gasteiger charge is 2.27. The lowest BCUT2D eigenvalue weighted by atomic mass is 10.1. The summed E-state index contributed by atoms with van der Waals surface area (Å²) in [7, 11) is 1.80. The third-order valence-electron chi connectivity index (χ3n) is 3.51. The molecular weight excluding hydrogens is 262 g/mol. The topological polar surface area (TPSA) is 58.4 Å². The largest absolute Gasteiger partial charge is 0.477 e. The Morgan fingerprint density at radius 3 is 3.05 bits per heavy atom. The van der Waals surface area contributed by atoms with Crippen LogP contribution in [0.1, 0.15) is 26.5 Å². The first-order valence-electron chi connectivity index (χ1n) is 6.15. The maximum Gasteiger partial charge on any atom is 0.341 e. The van der Waals surface area contributed by atoms with Gasteiger partial charge in [-0.3, -0.25) is 4.68 Å². The lowest BCUT2D eigenvalue weighted by Gasteiger charge is -2.29. The van der Waals surface area contributed by atoms with Crippen LogP contribution >= 0.6 is 11.3 Å². The number of nitrogens with zero attached hydrogens (tertiary/aromatic N) is 3. The Labute approximate surface area is 115 Å². The molecule has 3 rings (SSSR count). The van der Waals surface area contributed by atoms with E-state index in [1.54, 1.807) is 30.0 Å². The van der Waals surface area contributed by atoms with Gasteiger partial charge in [-0.2, -0.15) is 5.10 Å². The molecule has 6 heteroatoms. The van der Waals surface area contributed by atoms with Crippen molar-refractivity contribution in [3.63, 3.8) is 0 Å². The molecule has 2 aromatic heterocycles. The molecule has 1 aliphatic rings. The van der Waals surface area contributed by atoms with E-state index in [1.807, 2.05) is 0 Å². The summed E-state index contributed by atoms with van der Waals surface area (Å²) in [4.78, 5) is 14.9. The maximum atomic E-state index is 11.4. The normalized spacial score (nSPS) is 14.5. The van der Waals surface area contributed by atoms with Crippen molar-refractivity contribution < 1.29 is 9.90 Å². The average molecular weight is 277 g/mol. The lowest BCUT2D eigenvalue weighted by molar-refractivity contribution is 0.0696. The maximum absolute atomic E-state index is 11.4. The Bertz CT molecular complexity index is 644. The number of carboxylic acids is 1. The van der Waals surface area contributed by atoms with Crippen molar-refractivity contribution in [2.75, 3.05) is 11.4 Å². The Morgan fingerprint density at radius 2 is 2.32 bits per heavy atom. The summed E-state index contributed by atoms with van der Waals surface area (Å²) in [5.74, 6) is -0.196. The van der Waals surface area contributed by atoms with Gasteiger partial charge in [0.1, 0.15) is 11.4 Å². The predicted molar refractivity (Wildman–Crippen MR) is 74.0 cm³/mol. The van der Waals surface area contributed by atoms with Gasteiger partial charge in [-0.25, -0.2) is 4.79 Å². The predicted octanol–water partition coefficient (Wildman–Crippen LogP) is 2.05. The van der Waals surface area contributed by atoms with Crippen LogP contribution in [0.25, 0.3) is 0 Å². The number of hydrogen-bond donors (Lipinski definition) is 1. The van der Waals surface area contributed by atoms with E-state index in [0.29, 0.717) is 17.1 Å². The molecule has 0 aromatic carbocycles. The van der Waals surface area contributed by atoms with E-state index in [0.717, 1.165) is 19.5 Å². The molecule has 1 N–H and O–H groups in total. The molecule has 0 bridgehead atoms. The van der Waals surface area contributed by atoms with E-state index in [-0.39, 0.29) is 0 Å². The summed E-state index contributed by atoms with van der Waals surface area (Å²) < 4.78 is 1.68. The minimum atomic E-state index is -0.906. The fraction of sp³-hybridized carbons (Fsp3) is 0.385. The van der Waals surface area contributed by atoms with Crippen molar-refractivity contribution in [3.05, 3.63) is 33.1 Å². The zero-order valence-electron chi connectivity index (χ0n) is 10.9. The highest BCUT2D eigenvalue weighted by Crippen LogP contribution is 2.30. The van der Waals surface area contributed by atoms with Gasteiger partial charge in [0, 0.05) is 25.0 Å². The number of aromatic carboxylic acids is 1. The van der Waals surface area contributed by atoms with Crippen molar-refractivity contribution in [3.8, 4) is 0 Å². The van der Waals surface area contributed by atoms with Crippen molar-refractivity contribution >= 4 is 23.1 Å². The van der Waals surface area contributed by atoms with Crippen LogP contribution in [0.5, 0.6) is 0 Å². The quantitative estimate of drug-likeness (QED) is 0.912. The lowest BCUT2D eigenvalue weighted by Crippen LogP contribution is -2.32. The molecular formula is C13H15N3O2S. The Balaban J connectivity index is 2.02.